The van der Waals surface area contributed by atoms with E-state index < -0.39 is 15.4 Å². The Morgan fingerprint density at radius 2 is 2.13 bits per heavy atom. The first-order chi connectivity index (χ1) is 10.8. The number of hydrogen-bond donors (Lipinski definition) is 1. The molecule has 1 atom stereocenters. The number of amides is 1. The van der Waals surface area contributed by atoms with Crippen LogP contribution in [0.25, 0.3) is 0 Å². The number of rotatable bonds is 4. The van der Waals surface area contributed by atoms with Gasteiger partial charge < -0.3 is 10.1 Å². The molecule has 1 saturated heterocycles. The van der Waals surface area contributed by atoms with Gasteiger partial charge in [-0.1, -0.05) is 12.1 Å². The van der Waals surface area contributed by atoms with Crippen molar-refractivity contribution in [2.75, 3.05) is 18.1 Å². The third-order valence-electron chi connectivity index (χ3n) is 4.34. The highest BCUT2D eigenvalue weighted by atomic mass is 32.2. The summed E-state index contributed by atoms with van der Waals surface area (Å²) in [5.41, 5.74) is 0.783. The molecule has 3 rings (SSSR count). The molecule has 1 fully saturated rings. The lowest BCUT2D eigenvalue weighted by molar-refractivity contribution is -0.124. The molecule has 6 nitrogen and oxygen atoms in total. The van der Waals surface area contributed by atoms with E-state index in [9.17, 15) is 18.0 Å². The summed E-state index contributed by atoms with van der Waals surface area (Å²) in [5.74, 6) is 0.345. The second-order valence-electron chi connectivity index (χ2n) is 6.44. The minimum absolute atomic E-state index is 0.0407. The van der Waals surface area contributed by atoms with Gasteiger partial charge in [-0.15, -0.1) is 0 Å². The fourth-order valence-corrected chi connectivity index (χ4v) is 5.31. The molecule has 1 heterocycles. The van der Waals surface area contributed by atoms with Gasteiger partial charge in [-0.2, -0.15) is 0 Å². The van der Waals surface area contributed by atoms with Crippen LogP contribution in [0.2, 0.25) is 0 Å². The summed E-state index contributed by atoms with van der Waals surface area (Å²) in [4.78, 5) is 23.8. The average Bonchev–Trinajstić information content (AvgIpc) is 2.97. The normalized spacial score (nSPS) is 25.2. The molecule has 124 valence electrons. The lowest BCUT2D eigenvalue weighted by atomic mass is 10.0. The number of nitrogens with one attached hydrogen (secondary N) is 1. The summed E-state index contributed by atoms with van der Waals surface area (Å²) < 4.78 is 28.7. The van der Waals surface area contributed by atoms with Gasteiger partial charge in [0.2, 0.25) is 0 Å². The van der Waals surface area contributed by atoms with Crippen LogP contribution in [-0.4, -0.2) is 43.8 Å². The number of carbonyl (C=O) groups excluding carboxylic acids is 2. The second-order valence-corrected chi connectivity index (χ2v) is 8.63. The van der Waals surface area contributed by atoms with Crippen molar-refractivity contribution >= 4 is 21.5 Å². The predicted molar refractivity (Wildman–Crippen MR) is 84.4 cm³/mol. The number of carbonyl (C=O) groups is 2. The molecular formula is C16H19NO5S. The quantitative estimate of drug-likeness (QED) is 0.881. The highest BCUT2D eigenvalue weighted by Gasteiger charge is 2.39. The molecule has 1 N–H and O–H groups in total. The van der Waals surface area contributed by atoms with Crippen molar-refractivity contribution in [3.05, 3.63) is 29.3 Å². The molecule has 0 aromatic heterocycles. The van der Waals surface area contributed by atoms with Crippen LogP contribution in [0.4, 0.5) is 0 Å². The largest absolute Gasteiger partial charge is 0.483 e. The highest BCUT2D eigenvalue weighted by Crippen LogP contribution is 2.30. The third kappa shape index (κ3) is 3.39. The smallest absolute Gasteiger partial charge is 0.258 e. The Labute approximate surface area is 135 Å². The molecule has 0 bridgehead atoms. The number of ether oxygens (including phenoxy) is 1. The molecular weight excluding hydrogens is 318 g/mol. The van der Waals surface area contributed by atoms with Crippen LogP contribution in [0.1, 0.15) is 35.7 Å². The van der Waals surface area contributed by atoms with Crippen molar-refractivity contribution in [1.82, 2.24) is 5.32 Å². The fourth-order valence-electron chi connectivity index (χ4n) is 3.22. The van der Waals surface area contributed by atoms with Crippen molar-refractivity contribution in [3.63, 3.8) is 0 Å². The minimum Gasteiger partial charge on any atom is -0.483 e. The van der Waals surface area contributed by atoms with Crippen LogP contribution < -0.4 is 10.1 Å². The van der Waals surface area contributed by atoms with Gasteiger partial charge in [0.25, 0.3) is 5.91 Å². The lowest BCUT2D eigenvalue weighted by Crippen LogP contribution is -2.48. The third-order valence-corrected chi connectivity index (χ3v) is 6.24. The van der Waals surface area contributed by atoms with E-state index in [1.807, 2.05) is 0 Å². The van der Waals surface area contributed by atoms with E-state index in [2.05, 4.69) is 5.32 Å². The summed E-state index contributed by atoms with van der Waals surface area (Å²) in [6, 6.07) is 5.24. The second kappa shape index (κ2) is 5.63. The molecule has 0 saturated carbocycles. The molecule has 1 aromatic carbocycles. The summed E-state index contributed by atoms with van der Waals surface area (Å²) in [7, 11) is -3.07. The Morgan fingerprint density at radius 1 is 1.35 bits per heavy atom. The highest BCUT2D eigenvalue weighted by molar-refractivity contribution is 7.91. The van der Waals surface area contributed by atoms with E-state index in [4.69, 9.17) is 4.74 Å². The van der Waals surface area contributed by atoms with Crippen LogP contribution >= 0.6 is 0 Å². The summed E-state index contributed by atoms with van der Waals surface area (Å²) >= 11 is 0. The van der Waals surface area contributed by atoms with Crippen LogP contribution in [-0.2, 0) is 21.1 Å². The molecule has 23 heavy (non-hydrogen) atoms. The number of benzene rings is 1. The average molecular weight is 337 g/mol. The van der Waals surface area contributed by atoms with E-state index in [-0.39, 0.29) is 29.8 Å². The maximum Gasteiger partial charge on any atom is 0.258 e. The Hall–Kier alpha value is -1.89. The topological polar surface area (TPSA) is 89.5 Å². The first kappa shape index (κ1) is 16.0. The molecule has 1 aromatic rings. The number of fused-ring (bicyclic) bond motifs is 1. The van der Waals surface area contributed by atoms with Gasteiger partial charge >= 0.3 is 0 Å². The van der Waals surface area contributed by atoms with E-state index in [0.29, 0.717) is 30.6 Å². The van der Waals surface area contributed by atoms with Gasteiger partial charge in [-0.25, -0.2) is 8.42 Å². The molecule has 0 radical (unpaired) electrons. The van der Waals surface area contributed by atoms with Gasteiger partial charge in [-0.3, -0.25) is 9.59 Å². The molecule has 0 spiro atoms. The Balaban J connectivity index is 1.62. The Morgan fingerprint density at radius 3 is 2.83 bits per heavy atom. The van der Waals surface area contributed by atoms with Crippen molar-refractivity contribution in [1.29, 1.82) is 0 Å². The molecule has 7 heteroatoms. The summed E-state index contributed by atoms with van der Waals surface area (Å²) in [6.45, 7) is 1.54. The zero-order valence-corrected chi connectivity index (χ0v) is 13.7. The van der Waals surface area contributed by atoms with E-state index in [1.165, 1.54) is 0 Å². The van der Waals surface area contributed by atoms with E-state index >= 15 is 0 Å². The Bertz CT molecular complexity index is 771. The monoisotopic (exact) mass is 337 g/mol. The zero-order valence-electron chi connectivity index (χ0n) is 12.9. The van der Waals surface area contributed by atoms with Gasteiger partial charge in [0.15, 0.2) is 22.2 Å². The summed E-state index contributed by atoms with van der Waals surface area (Å²) in [6.07, 6.45) is 1.51. The van der Waals surface area contributed by atoms with Crippen LogP contribution in [0, 0.1) is 0 Å². The number of Topliss-reactive ketones (excluding diaryl/α,β-unsaturated/α-hetero) is 1. The maximum atomic E-state index is 12.1. The van der Waals surface area contributed by atoms with Crippen LogP contribution in [0.5, 0.6) is 5.75 Å². The van der Waals surface area contributed by atoms with Gasteiger partial charge in [0.1, 0.15) is 5.75 Å². The van der Waals surface area contributed by atoms with Crippen molar-refractivity contribution in [2.24, 2.45) is 0 Å². The standard InChI is InChI=1S/C16H19NO5S/c1-16(7-8-23(20,21)10-16)17-15(19)9-22-14-4-2-3-11-12(14)5-6-13(11)18/h2-4H,5-10H2,1H3,(H,17,19)/t16-/m1/s1. The molecule has 0 unspecified atom stereocenters. The predicted octanol–water partition coefficient (Wildman–Crippen LogP) is 0.888. The molecule has 2 aliphatic rings. The summed E-state index contributed by atoms with van der Waals surface area (Å²) in [5, 5.41) is 2.75. The van der Waals surface area contributed by atoms with Crippen LogP contribution in [0.3, 0.4) is 0 Å². The number of sulfone groups is 1. The first-order valence-corrected chi connectivity index (χ1v) is 9.39. The number of hydrogen-bond acceptors (Lipinski definition) is 5. The minimum atomic E-state index is -3.07. The molecule has 1 amide bonds. The van der Waals surface area contributed by atoms with Gasteiger partial charge in [0, 0.05) is 17.5 Å². The van der Waals surface area contributed by atoms with Crippen LogP contribution in [0.15, 0.2) is 18.2 Å². The van der Waals surface area contributed by atoms with Crippen molar-refractivity contribution in [2.45, 2.75) is 31.7 Å². The zero-order chi connectivity index (χ0) is 16.7. The lowest BCUT2D eigenvalue weighted by Gasteiger charge is -2.24. The van der Waals surface area contributed by atoms with E-state index in [1.54, 1.807) is 25.1 Å². The number of ketones is 1. The SMILES string of the molecule is C[C@@]1(NC(=O)COc2cccc3c2CCC3=O)CCS(=O)(=O)C1. The molecule has 1 aliphatic carbocycles. The van der Waals surface area contributed by atoms with Gasteiger partial charge in [-0.05, 0) is 25.8 Å². The van der Waals surface area contributed by atoms with Crippen molar-refractivity contribution < 1.29 is 22.7 Å². The Kier molecular flexibility index (Phi) is 3.91. The van der Waals surface area contributed by atoms with E-state index in [0.717, 1.165) is 5.56 Å². The molecule has 1 aliphatic heterocycles. The van der Waals surface area contributed by atoms with Gasteiger partial charge in [0.05, 0.1) is 17.0 Å². The maximum absolute atomic E-state index is 12.1. The first-order valence-electron chi connectivity index (χ1n) is 7.57. The van der Waals surface area contributed by atoms with Crippen molar-refractivity contribution in [3.8, 4) is 5.75 Å². The fraction of sp³-hybridized carbons (Fsp3) is 0.500.